The summed E-state index contributed by atoms with van der Waals surface area (Å²) in [5.41, 5.74) is 2.00. The number of furan rings is 1. The molecule has 1 aromatic carbocycles. The van der Waals surface area contributed by atoms with E-state index in [1.54, 1.807) is 6.92 Å². The summed E-state index contributed by atoms with van der Waals surface area (Å²) in [5, 5.41) is 6.25. The van der Waals surface area contributed by atoms with Crippen molar-refractivity contribution in [3.8, 4) is 0 Å². The molecule has 0 aliphatic heterocycles. The van der Waals surface area contributed by atoms with Crippen molar-refractivity contribution >= 4 is 45.8 Å². The molecule has 0 spiro atoms. The highest BCUT2D eigenvalue weighted by molar-refractivity contribution is 8.00. The molecule has 0 radical (unpaired) electrons. The zero-order valence-corrected chi connectivity index (χ0v) is 15.7. The number of para-hydroxylation sites is 1. The number of carbonyl (C=O) groups excluding carboxylic acids is 2. The van der Waals surface area contributed by atoms with Crippen molar-refractivity contribution in [1.29, 1.82) is 0 Å². The summed E-state index contributed by atoms with van der Waals surface area (Å²) in [6.07, 6.45) is 5.64. The Morgan fingerprint density at radius 3 is 2.81 bits per heavy atom. The predicted molar refractivity (Wildman–Crippen MR) is 104 cm³/mol. The lowest BCUT2D eigenvalue weighted by Crippen LogP contribution is -2.45. The van der Waals surface area contributed by atoms with Gasteiger partial charge in [-0.25, -0.2) is 14.8 Å². The molecule has 1 fully saturated rings. The van der Waals surface area contributed by atoms with Crippen LogP contribution in [0.15, 0.2) is 40.0 Å². The Kier molecular flexibility index (Phi) is 4.98. The molecule has 2 N–H and O–H groups in total. The number of hydrogen-bond donors (Lipinski definition) is 2. The summed E-state index contributed by atoms with van der Waals surface area (Å²) < 4.78 is 5.88. The van der Waals surface area contributed by atoms with Gasteiger partial charge in [0, 0.05) is 11.4 Å². The average molecular weight is 384 g/mol. The number of aromatic nitrogens is 2. The van der Waals surface area contributed by atoms with Crippen molar-refractivity contribution in [2.75, 3.05) is 0 Å². The Hall–Kier alpha value is -2.61. The van der Waals surface area contributed by atoms with Crippen LogP contribution in [0.5, 0.6) is 0 Å². The minimum Gasteiger partial charge on any atom is -0.451 e. The van der Waals surface area contributed by atoms with Gasteiger partial charge in [0.1, 0.15) is 22.5 Å². The molecule has 1 saturated carbocycles. The number of imide groups is 1. The number of nitrogens with one attached hydrogen (secondary N) is 2. The van der Waals surface area contributed by atoms with Crippen LogP contribution in [-0.4, -0.2) is 33.2 Å². The van der Waals surface area contributed by atoms with Crippen molar-refractivity contribution in [3.05, 3.63) is 30.6 Å². The zero-order valence-electron chi connectivity index (χ0n) is 14.9. The number of carbonyl (C=O) groups is 2. The van der Waals surface area contributed by atoms with Gasteiger partial charge in [0.15, 0.2) is 5.58 Å². The fraction of sp³-hybridized carbons (Fsp3) is 0.368. The number of benzene rings is 1. The largest absolute Gasteiger partial charge is 0.451 e. The summed E-state index contributed by atoms with van der Waals surface area (Å²) in [6.45, 7) is 1.74. The molecule has 0 bridgehead atoms. The van der Waals surface area contributed by atoms with Crippen molar-refractivity contribution in [2.24, 2.45) is 0 Å². The maximum absolute atomic E-state index is 12.4. The van der Waals surface area contributed by atoms with Crippen LogP contribution < -0.4 is 10.6 Å². The number of hydrogen-bond acceptors (Lipinski definition) is 6. The standard InChI is InChI=1S/C19H20N4O3S/c1-11(17(24)23-19(25)22-12-6-2-3-7-12)27-18-16-15(20-10-21-18)13-8-4-5-9-14(13)26-16/h4-5,8-12H,2-3,6-7H2,1H3,(H2,22,23,24,25)/t11-/m1/s1. The SMILES string of the molecule is C[C@@H](Sc1ncnc2c1oc1ccccc12)C(=O)NC(=O)NC1CCCC1. The lowest BCUT2D eigenvalue weighted by Gasteiger charge is -2.14. The molecular formula is C19H20N4O3S. The van der Waals surface area contributed by atoms with Crippen LogP contribution in [0.2, 0.25) is 0 Å². The van der Waals surface area contributed by atoms with E-state index in [-0.39, 0.29) is 11.9 Å². The predicted octanol–water partition coefficient (Wildman–Crippen LogP) is 3.63. The van der Waals surface area contributed by atoms with Gasteiger partial charge in [0.2, 0.25) is 5.91 Å². The lowest BCUT2D eigenvalue weighted by molar-refractivity contribution is -0.119. The van der Waals surface area contributed by atoms with E-state index in [4.69, 9.17) is 4.42 Å². The summed E-state index contributed by atoms with van der Waals surface area (Å²) in [7, 11) is 0. The van der Waals surface area contributed by atoms with Crippen LogP contribution in [-0.2, 0) is 4.79 Å². The van der Waals surface area contributed by atoms with E-state index in [0.717, 1.165) is 42.2 Å². The van der Waals surface area contributed by atoms with Gasteiger partial charge in [-0.15, -0.1) is 0 Å². The van der Waals surface area contributed by atoms with E-state index >= 15 is 0 Å². The number of nitrogens with zero attached hydrogens (tertiary/aromatic N) is 2. The van der Waals surface area contributed by atoms with Crippen LogP contribution in [0.1, 0.15) is 32.6 Å². The summed E-state index contributed by atoms with van der Waals surface area (Å²) in [6, 6.07) is 7.35. The number of urea groups is 1. The smallest absolute Gasteiger partial charge is 0.321 e. The van der Waals surface area contributed by atoms with E-state index in [9.17, 15) is 9.59 Å². The molecule has 7 nitrogen and oxygen atoms in total. The summed E-state index contributed by atoms with van der Waals surface area (Å²) >= 11 is 1.24. The molecule has 3 aromatic rings. The van der Waals surface area contributed by atoms with Gasteiger partial charge >= 0.3 is 6.03 Å². The number of amides is 3. The van der Waals surface area contributed by atoms with Crippen LogP contribution in [0, 0.1) is 0 Å². The highest BCUT2D eigenvalue weighted by Gasteiger charge is 2.23. The second kappa shape index (κ2) is 7.56. The maximum atomic E-state index is 12.4. The van der Waals surface area contributed by atoms with Gasteiger partial charge in [0.25, 0.3) is 0 Å². The molecule has 2 heterocycles. The van der Waals surface area contributed by atoms with Crippen LogP contribution >= 0.6 is 11.8 Å². The third-order valence-electron chi connectivity index (χ3n) is 4.71. The highest BCUT2D eigenvalue weighted by atomic mass is 32.2. The first kappa shape index (κ1) is 17.8. The van der Waals surface area contributed by atoms with Crippen LogP contribution in [0.4, 0.5) is 4.79 Å². The topological polar surface area (TPSA) is 97.1 Å². The van der Waals surface area contributed by atoms with Crippen LogP contribution in [0.3, 0.4) is 0 Å². The number of thioether (sulfide) groups is 1. The Bertz CT molecular complexity index is 997. The first-order valence-corrected chi connectivity index (χ1v) is 9.90. The molecule has 140 valence electrons. The minimum atomic E-state index is -0.509. The van der Waals surface area contributed by atoms with Crippen molar-refractivity contribution in [1.82, 2.24) is 20.6 Å². The Morgan fingerprint density at radius 1 is 1.22 bits per heavy atom. The Labute approximate surface area is 160 Å². The van der Waals surface area contributed by atoms with E-state index in [0.29, 0.717) is 10.6 Å². The summed E-state index contributed by atoms with van der Waals surface area (Å²) in [5.74, 6) is -0.363. The second-order valence-corrected chi connectivity index (χ2v) is 7.99. The van der Waals surface area contributed by atoms with Gasteiger partial charge < -0.3 is 9.73 Å². The molecule has 4 rings (SSSR count). The van der Waals surface area contributed by atoms with Crippen molar-refractivity contribution in [2.45, 2.75) is 48.9 Å². The van der Waals surface area contributed by atoms with Crippen LogP contribution in [0.25, 0.3) is 22.1 Å². The Morgan fingerprint density at radius 2 is 2.00 bits per heavy atom. The molecule has 2 aromatic heterocycles. The number of fused-ring (bicyclic) bond motifs is 3. The second-order valence-electron chi connectivity index (χ2n) is 6.66. The summed E-state index contributed by atoms with van der Waals surface area (Å²) in [4.78, 5) is 32.9. The lowest BCUT2D eigenvalue weighted by atomic mass is 10.2. The quantitative estimate of drug-likeness (QED) is 0.527. The zero-order chi connectivity index (χ0) is 18.8. The molecule has 27 heavy (non-hydrogen) atoms. The third kappa shape index (κ3) is 3.75. The maximum Gasteiger partial charge on any atom is 0.321 e. The molecule has 0 unspecified atom stereocenters. The van der Waals surface area contributed by atoms with Gasteiger partial charge in [-0.1, -0.05) is 36.7 Å². The highest BCUT2D eigenvalue weighted by Crippen LogP contribution is 2.33. The Balaban J connectivity index is 1.46. The van der Waals surface area contributed by atoms with Gasteiger partial charge in [-0.3, -0.25) is 10.1 Å². The van der Waals surface area contributed by atoms with Crippen molar-refractivity contribution in [3.63, 3.8) is 0 Å². The fourth-order valence-electron chi connectivity index (χ4n) is 3.31. The fourth-order valence-corrected chi connectivity index (χ4v) is 4.17. The molecule has 1 aliphatic carbocycles. The molecule has 3 amide bonds. The van der Waals surface area contributed by atoms with E-state index in [1.165, 1.54) is 18.1 Å². The number of rotatable bonds is 4. The molecule has 1 atom stereocenters. The molecule has 8 heteroatoms. The monoisotopic (exact) mass is 384 g/mol. The van der Waals surface area contributed by atoms with Gasteiger partial charge in [0.05, 0.1) is 5.25 Å². The third-order valence-corrected chi connectivity index (χ3v) is 5.79. The molecule has 1 aliphatic rings. The van der Waals surface area contributed by atoms with Crippen molar-refractivity contribution < 1.29 is 14.0 Å². The minimum absolute atomic E-state index is 0.165. The van der Waals surface area contributed by atoms with Gasteiger partial charge in [-0.05, 0) is 31.9 Å². The van der Waals surface area contributed by atoms with E-state index in [2.05, 4.69) is 20.6 Å². The molecular weight excluding hydrogens is 364 g/mol. The first-order valence-electron chi connectivity index (χ1n) is 9.02. The van der Waals surface area contributed by atoms with E-state index in [1.807, 2.05) is 24.3 Å². The first-order chi connectivity index (χ1) is 13.1. The average Bonchev–Trinajstić information content (AvgIpc) is 3.29. The molecule has 0 saturated heterocycles. The van der Waals surface area contributed by atoms with E-state index < -0.39 is 11.3 Å². The van der Waals surface area contributed by atoms with Gasteiger partial charge in [-0.2, -0.15) is 0 Å². The normalized spacial score (nSPS) is 15.9.